The van der Waals surface area contributed by atoms with Crippen LogP contribution in [0.1, 0.15) is 59.3 Å². The Morgan fingerprint density at radius 3 is 2.57 bits per heavy atom. The molecule has 0 heterocycles. The van der Waals surface area contributed by atoms with Crippen LogP contribution >= 0.6 is 0 Å². The molecule has 7 nitrogen and oxygen atoms in total. The van der Waals surface area contributed by atoms with Crippen molar-refractivity contribution in [2.45, 2.75) is 83.2 Å². The largest absolute Gasteiger partial charge is 0.508 e. The van der Waals surface area contributed by atoms with Crippen molar-refractivity contribution in [2.24, 2.45) is 28.6 Å². The van der Waals surface area contributed by atoms with Crippen LogP contribution in [0.15, 0.2) is 11.6 Å². The van der Waals surface area contributed by atoms with Gasteiger partial charge >= 0.3 is 6.16 Å². The van der Waals surface area contributed by atoms with Crippen LogP contribution in [0.3, 0.4) is 0 Å². The second-order valence-electron chi connectivity index (χ2n) is 10.2. The summed E-state index contributed by atoms with van der Waals surface area (Å²) in [7, 11) is 1.29. The van der Waals surface area contributed by atoms with Gasteiger partial charge in [-0.1, -0.05) is 32.4 Å². The van der Waals surface area contributed by atoms with Gasteiger partial charge in [-0.05, 0) is 49.4 Å². The SMILES string of the molecule is CC[C@]1(O)C(=O)[C@@H](O)C2C3C(CC[C@@]21C)[C@@]1(C)CC[C@H](OC(=O)OC)CC1=C[C@@H]3O. The lowest BCUT2D eigenvalue weighted by molar-refractivity contribution is -0.159. The first kappa shape index (κ1) is 21.8. The number of hydrogen-bond donors (Lipinski definition) is 3. The third-order valence-corrected chi connectivity index (χ3v) is 9.24. The lowest BCUT2D eigenvalue weighted by Crippen LogP contribution is -2.59. The van der Waals surface area contributed by atoms with Crippen molar-refractivity contribution in [3.63, 3.8) is 0 Å². The second-order valence-corrected chi connectivity index (χ2v) is 10.2. The molecule has 3 unspecified atom stereocenters. The van der Waals surface area contributed by atoms with Crippen LogP contribution in [0, 0.1) is 28.6 Å². The van der Waals surface area contributed by atoms with E-state index >= 15 is 0 Å². The van der Waals surface area contributed by atoms with E-state index in [0.717, 1.165) is 18.4 Å². The summed E-state index contributed by atoms with van der Waals surface area (Å²) in [5, 5.41) is 33.3. The van der Waals surface area contributed by atoms with E-state index in [1.165, 1.54) is 7.11 Å². The van der Waals surface area contributed by atoms with Gasteiger partial charge in [-0.2, -0.15) is 0 Å². The molecule has 3 N–H and O–H groups in total. The molecular formula is C23H34O7. The molecule has 0 aliphatic heterocycles. The zero-order valence-electron chi connectivity index (χ0n) is 18.3. The van der Waals surface area contributed by atoms with Gasteiger partial charge in [0.25, 0.3) is 0 Å². The van der Waals surface area contributed by atoms with E-state index in [-0.39, 0.29) is 29.8 Å². The number of hydrogen-bond acceptors (Lipinski definition) is 7. The molecule has 4 aliphatic rings. The zero-order chi connectivity index (χ0) is 22.1. The van der Waals surface area contributed by atoms with Crippen LogP contribution in [0.25, 0.3) is 0 Å². The molecule has 0 spiro atoms. The number of fused-ring (bicyclic) bond motifs is 5. The minimum atomic E-state index is -1.56. The Labute approximate surface area is 177 Å². The Morgan fingerprint density at radius 1 is 1.23 bits per heavy atom. The first-order valence-electron chi connectivity index (χ1n) is 11.1. The third-order valence-electron chi connectivity index (χ3n) is 9.24. The summed E-state index contributed by atoms with van der Waals surface area (Å²) in [6.07, 6.45) is 2.49. The molecule has 3 fully saturated rings. The van der Waals surface area contributed by atoms with E-state index in [2.05, 4.69) is 11.7 Å². The average molecular weight is 423 g/mol. The van der Waals surface area contributed by atoms with Crippen LogP contribution in [0.4, 0.5) is 4.79 Å². The molecule has 4 aliphatic carbocycles. The predicted octanol–water partition coefficient (Wildman–Crippen LogP) is 2.36. The van der Waals surface area contributed by atoms with E-state index in [0.29, 0.717) is 19.3 Å². The van der Waals surface area contributed by atoms with Crippen molar-refractivity contribution in [1.29, 1.82) is 0 Å². The predicted molar refractivity (Wildman–Crippen MR) is 107 cm³/mol. The smallest absolute Gasteiger partial charge is 0.438 e. The number of aliphatic hydroxyl groups excluding tert-OH is 2. The van der Waals surface area contributed by atoms with E-state index in [4.69, 9.17) is 4.74 Å². The minimum absolute atomic E-state index is 0.0892. The normalized spacial score (nSPS) is 50.1. The van der Waals surface area contributed by atoms with E-state index in [1.807, 2.05) is 13.0 Å². The van der Waals surface area contributed by atoms with Crippen LogP contribution in [0.2, 0.25) is 0 Å². The van der Waals surface area contributed by atoms with E-state index in [1.54, 1.807) is 6.92 Å². The fraction of sp³-hybridized carbons (Fsp3) is 0.826. The number of carbonyl (C=O) groups is 2. The Morgan fingerprint density at radius 2 is 1.93 bits per heavy atom. The molecule has 0 saturated heterocycles. The van der Waals surface area contributed by atoms with Crippen LogP contribution in [-0.2, 0) is 14.3 Å². The van der Waals surface area contributed by atoms with Crippen molar-refractivity contribution in [1.82, 2.24) is 0 Å². The van der Waals surface area contributed by atoms with Crippen molar-refractivity contribution in [3.05, 3.63) is 11.6 Å². The summed E-state index contributed by atoms with van der Waals surface area (Å²) in [6, 6.07) is 0. The summed E-state index contributed by atoms with van der Waals surface area (Å²) in [5.41, 5.74) is -1.44. The third kappa shape index (κ3) is 2.67. The number of rotatable bonds is 2. The number of aliphatic hydroxyl groups is 3. The molecule has 7 heteroatoms. The summed E-state index contributed by atoms with van der Waals surface area (Å²) < 4.78 is 9.98. The highest BCUT2D eigenvalue weighted by Crippen LogP contribution is 2.66. The van der Waals surface area contributed by atoms with Gasteiger partial charge in [-0.25, -0.2) is 4.79 Å². The highest BCUT2D eigenvalue weighted by atomic mass is 16.7. The Balaban J connectivity index is 1.69. The van der Waals surface area contributed by atoms with Gasteiger partial charge in [0.05, 0.1) is 13.2 Å². The number of methoxy groups -OCH3 is 1. The average Bonchev–Trinajstić information content (AvgIpc) is 2.87. The minimum Gasteiger partial charge on any atom is -0.438 e. The first-order valence-corrected chi connectivity index (χ1v) is 11.1. The second kappa shape index (κ2) is 7.04. The molecule has 0 aromatic heterocycles. The topological polar surface area (TPSA) is 113 Å². The molecule has 3 saturated carbocycles. The summed E-state index contributed by atoms with van der Waals surface area (Å²) in [6.45, 7) is 5.87. The molecule has 30 heavy (non-hydrogen) atoms. The molecule has 0 aromatic carbocycles. The van der Waals surface area contributed by atoms with Crippen LogP contribution in [-0.4, -0.2) is 58.3 Å². The van der Waals surface area contributed by atoms with Gasteiger partial charge in [0.15, 0.2) is 5.78 Å². The molecule has 4 rings (SSSR count). The lowest BCUT2D eigenvalue weighted by Gasteiger charge is -2.59. The number of carbonyl (C=O) groups excluding carboxylic acids is 2. The first-order chi connectivity index (χ1) is 14.0. The van der Waals surface area contributed by atoms with Crippen LogP contribution in [0.5, 0.6) is 0 Å². The van der Waals surface area contributed by atoms with E-state index in [9.17, 15) is 24.9 Å². The van der Waals surface area contributed by atoms with Crippen molar-refractivity contribution < 1.29 is 34.4 Å². The van der Waals surface area contributed by atoms with Crippen molar-refractivity contribution in [2.75, 3.05) is 7.11 Å². The fourth-order valence-electron chi connectivity index (χ4n) is 7.48. The molecule has 0 aromatic rings. The van der Waals surface area contributed by atoms with Crippen molar-refractivity contribution >= 4 is 11.9 Å². The highest BCUT2D eigenvalue weighted by molar-refractivity contribution is 5.95. The molecule has 0 amide bonds. The maximum absolute atomic E-state index is 12.9. The number of ether oxygens (including phenoxy) is 2. The van der Waals surface area contributed by atoms with Gasteiger partial charge in [-0.3, -0.25) is 4.79 Å². The number of Topliss-reactive ketones (excluding diaryl/α,β-unsaturated/α-hetero) is 1. The Kier molecular flexibility index (Phi) is 5.11. The Bertz CT molecular complexity index is 778. The maximum Gasteiger partial charge on any atom is 0.508 e. The lowest BCUT2D eigenvalue weighted by atomic mass is 9.46. The van der Waals surface area contributed by atoms with Gasteiger partial charge in [0, 0.05) is 17.8 Å². The highest BCUT2D eigenvalue weighted by Gasteiger charge is 2.71. The standard InChI is InChI=1S/C23H34O7/c1-5-23(28)19(26)18(25)17-16-14(7-9-22(17,23)3)21(2)8-6-13(30-20(27)29-4)10-12(21)11-15(16)24/h11,13-18,24-25,28H,5-10H2,1-4H3/t13-,14?,15-,16?,17?,18-,21-,22-,23-/m0/s1. The fourth-order valence-corrected chi connectivity index (χ4v) is 7.48. The quantitative estimate of drug-likeness (QED) is 0.462. The van der Waals surface area contributed by atoms with E-state index < -0.39 is 41.1 Å². The van der Waals surface area contributed by atoms with Gasteiger partial charge in [-0.15, -0.1) is 0 Å². The monoisotopic (exact) mass is 422 g/mol. The molecular weight excluding hydrogens is 388 g/mol. The van der Waals surface area contributed by atoms with Gasteiger partial charge in [0.2, 0.25) is 0 Å². The zero-order valence-corrected chi connectivity index (χ0v) is 18.3. The molecule has 0 radical (unpaired) electrons. The summed E-state index contributed by atoms with van der Waals surface area (Å²) >= 11 is 0. The van der Waals surface area contributed by atoms with Gasteiger partial charge < -0.3 is 24.8 Å². The molecule has 9 atom stereocenters. The summed E-state index contributed by atoms with van der Waals surface area (Å²) in [4.78, 5) is 24.4. The Hall–Kier alpha value is -1.44. The number of ketones is 1. The van der Waals surface area contributed by atoms with Crippen LogP contribution < -0.4 is 0 Å². The van der Waals surface area contributed by atoms with Crippen molar-refractivity contribution in [3.8, 4) is 0 Å². The van der Waals surface area contributed by atoms with Gasteiger partial charge in [0.1, 0.15) is 17.8 Å². The summed E-state index contributed by atoms with van der Waals surface area (Å²) in [5.74, 6) is -1.19. The molecule has 0 bridgehead atoms. The maximum atomic E-state index is 12.9. The molecule has 168 valence electrons.